The first-order valence-electron chi connectivity index (χ1n) is 13.0. The maximum Gasteiger partial charge on any atom is 0.253 e. The van der Waals surface area contributed by atoms with Gasteiger partial charge in [0, 0.05) is 53.9 Å². The molecule has 1 aliphatic heterocycles. The molecule has 1 aliphatic carbocycles. The molecule has 3 aromatic carbocycles. The molecule has 1 saturated carbocycles. The number of nitrogens with two attached hydrogens (primary N) is 1. The number of piperazine rings is 1. The number of nitrogens with zero attached hydrogens (tertiary/aromatic N) is 2. The van der Waals surface area contributed by atoms with Crippen LogP contribution in [0.15, 0.2) is 48.5 Å². The van der Waals surface area contributed by atoms with Gasteiger partial charge in [-0.15, -0.1) is 0 Å². The number of aromatic amines is 1. The Hall–Kier alpha value is -4.24. The van der Waals surface area contributed by atoms with E-state index in [1.807, 2.05) is 30.1 Å². The van der Waals surface area contributed by atoms with Gasteiger partial charge in [0.05, 0.1) is 18.2 Å². The second-order valence-corrected chi connectivity index (χ2v) is 10.1. The van der Waals surface area contributed by atoms with Crippen molar-refractivity contribution in [1.82, 2.24) is 14.8 Å². The van der Waals surface area contributed by atoms with Gasteiger partial charge in [-0.1, -0.05) is 6.07 Å². The van der Waals surface area contributed by atoms with Gasteiger partial charge in [-0.05, 0) is 73.5 Å². The van der Waals surface area contributed by atoms with Crippen LogP contribution in [-0.4, -0.2) is 73.2 Å². The van der Waals surface area contributed by atoms with Crippen LogP contribution in [-0.2, 0) is 4.79 Å². The lowest BCUT2D eigenvalue weighted by Crippen LogP contribution is -2.47. The zero-order valence-corrected chi connectivity index (χ0v) is 22.0. The molecule has 39 heavy (non-hydrogen) atoms. The first kappa shape index (κ1) is 26.4. The topological polar surface area (TPSA) is 109 Å². The SMILES string of the molecule is COc1ccc(-c2cc(C(N)=O)c3[nH]c4ccc(C(=O)N5CCN(C)CC5)cc4c3c2)cc1F.O=CC1CC1. The smallest absolute Gasteiger partial charge is 0.253 e. The molecule has 0 atom stereocenters. The molecule has 4 aromatic rings. The van der Waals surface area contributed by atoms with Crippen molar-refractivity contribution < 1.29 is 23.5 Å². The molecule has 9 heteroatoms. The van der Waals surface area contributed by atoms with E-state index < -0.39 is 11.7 Å². The number of ether oxygens (including phenoxy) is 1. The van der Waals surface area contributed by atoms with E-state index in [0.717, 1.165) is 48.5 Å². The molecule has 2 fully saturated rings. The van der Waals surface area contributed by atoms with Crippen molar-refractivity contribution in [2.75, 3.05) is 40.3 Å². The fourth-order valence-corrected chi connectivity index (χ4v) is 4.76. The van der Waals surface area contributed by atoms with Crippen LogP contribution in [0.2, 0.25) is 0 Å². The van der Waals surface area contributed by atoms with Crippen molar-refractivity contribution in [1.29, 1.82) is 0 Å². The van der Waals surface area contributed by atoms with E-state index in [4.69, 9.17) is 10.5 Å². The zero-order valence-electron chi connectivity index (χ0n) is 22.0. The van der Waals surface area contributed by atoms with Crippen molar-refractivity contribution in [3.8, 4) is 16.9 Å². The number of benzene rings is 3. The molecule has 0 bridgehead atoms. The number of hydrogen-bond acceptors (Lipinski definition) is 5. The van der Waals surface area contributed by atoms with Crippen molar-refractivity contribution in [2.45, 2.75) is 12.8 Å². The van der Waals surface area contributed by atoms with Crippen LogP contribution in [0.3, 0.4) is 0 Å². The second-order valence-electron chi connectivity index (χ2n) is 10.1. The van der Waals surface area contributed by atoms with Crippen LogP contribution in [0.25, 0.3) is 32.9 Å². The molecule has 3 N–H and O–H groups in total. The molecule has 0 unspecified atom stereocenters. The number of methoxy groups -OCH3 is 1. The van der Waals surface area contributed by atoms with E-state index in [2.05, 4.69) is 9.88 Å². The summed E-state index contributed by atoms with van der Waals surface area (Å²) in [4.78, 5) is 42.3. The lowest BCUT2D eigenvalue weighted by atomic mass is 9.98. The Morgan fingerprint density at radius 2 is 1.74 bits per heavy atom. The first-order chi connectivity index (χ1) is 18.8. The van der Waals surface area contributed by atoms with Crippen LogP contribution in [0.5, 0.6) is 5.75 Å². The monoisotopic (exact) mass is 530 g/mol. The van der Waals surface area contributed by atoms with E-state index in [1.165, 1.54) is 13.2 Å². The molecule has 0 radical (unpaired) electrons. The van der Waals surface area contributed by atoms with Gasteiger partial charge in [-0.25, -0.2) is 4.39 Å². The summed E-state index contributed by atoms with van der Waals surface area (Å²) in [6.07, 6.45) is 3.31. The molecule has 2 amide bonds. The fourth-order valence-electron chi connectivity index (χ4n) is 4.76. The van der Waals surface area contributed by atoms with E-state index in [1.54, 1.807) is 24.3 Å². The fraction of sp³-hybridized carbons (Fsp3) is 0.300. The molecule has 0 spiro atoms. The van der Waals surface area contributed by atoms with Crippen LogP contribution in [0.4, 0.5) is 4.39 Å². The number of fused-ring (bicyclic) bond motifs is 3. The quantitative estimate of drug-likeness (QED) is 0.376. The second kappa shape index (κ2) is 10.9. The van der Waals surface area contributed by atoms with Gasteiger partial charge in [-0.2, -0.15) is 0 Å². The molecule has 8 nitrogen and oxygen atoms in total. The molecular formula is C30H31FN4O4. The predicted molar refractivity (Wildman–Crippen MR) is 148 cm³/mol. The minimum atomic E-state index is -0.596. The van der Waals surface area contributed by atoms with E-state index in [-0.39, 0.29) is 11.7 Å². The van der Waals surface area contributed by atoms with Crippen LogP contribution in [0, 0.1) is 11.7 Å². The lowest BCUT2D eigenvalue weighted by molar-refractivity contribution is -0.108. The Morgan fingerprint density at radius 3 is 2.33 bits per heavy atom. The Kier molecular flexibility index (Phi) is 7.34. The highest BCUT2D eigenvalue weighted by Gasteiger charge is 2.22. The highest BCUT2D eigenvalue weighted by molar-refractivity contribution is 6.17. The number of likely N-dealkylation sites (N-methyl/N-ethyl adjacent to an activating group) is 1. The lowest BCUT2D eigenvalue weighted by Gasteiger charge is -2.32. The van der Waals surface area contributed by atoms with Crippen molar-refractivity contribution in [3.05, 3.63) is 65.5 Å². The summed E-state index contributed by atoms with van der Waals surface area (Å²) in [6.45, 7) is 3.04. The van der Waals surface area contributed by atoms with Crippen molar-refractivity contribution in [2.24, 2.45) is 11.7 Å². The van der Waals surface area contributed by atoms with E-state index in [0.29, 0.717) is 46.8 Å². The highest BCUT2D eigenvalue weighted by atomic mass is 19.1. The number of rotatable bonds is 5. The number of H-pyrrole nitrogens is 1. The van der Waals surface area contributed by atoms with Gasteiger partial charge in [0.1, 0.15) is 6.29 Å². The average Bonchev–Trinajstić information content (AvgIpc) is 3.72. The molecule has 6 rings (SSSR count). The molecule has 2 aliphatic rings. The molecule has 1 saturated heterocycles. The number of halogens is 1. The number of primary amides is 1. The van der Waals surface area contributed by atoms with Gasteiger partial charge in [0.15, 0.2) is 11.6 Å². The third-order valence-corrected chi connectivity index (χ3v) is 7.31. The van der Waals surface area contributed by atoms with Crippen LogP contribution < -0.4 is 10.5 Å². The Labute approximate surface area is 225 Å². The number of hydrogen-bond donors (Lipinski definition) is 2. The van der Waals surface area contributed by atoms with E-state index >= 15 is 0 Å². The number of carbonyl (C=O) groups is 3. The Morgan fingerprint density at radius 1 is 1.00 bits per heavy atom. The average molecular weight is 531 g/mol. The third kappa shape index (κ3) is 5.49. The van der Waals surface area contributed by atoms with Crippen molar-refractivity contribution in [3.63, 3.8) is 0 Å². The Balaban J connectivity index is 0.000000555. The first-order valence-corrected chi connectivity index (χ1v) is 13.0. The van der Waals surface area contributed by atoms with Gasteiger partial charge < -0.3 is 30.0 Å². The summed E-state index contributed by atoms with van der Waals surface area (Å²) in [5.41, 5.74) is 9.17. The summed E-state index contributed by atoms with van der Waals surface area (Å²) >= 11 is 0. The summed E-state index contributed by atoms with van der Waals surface area (Å²) in [5, 5.41) is 1.54. The minimum absolute atomic E-state index is 0.0205. The number of carbonyl (C=O) groups excluding carboxylic acids is 3. The normalized spacial score (nSPS) is 15.6. The number of nitrogens with one attached hydrogen (secondary N) is 1. The number of aldehydes is 1. The summed E-state index contributed by atoms with van der Waals surface area (Å²) in [7, 11) is 3.45. The summed E-state index contributed by atoms with van der Waals surface area (Å²) < 4.78 is 19.4. The molecular weight excluding hydrogens is 499 g/mol. The van der Waals surface area contributed by atoms with Gasteiger partial charge >= 0.3 is 0 Å². The largest absolute Gasteiger partial charge is 0.494 e. The maximum absolute atomic E-state index is 14.4. The van der Waals surface area contributed by atoms with Crippen LogP contribution in [0.1, 0.15) is 33.6 Å². The van der Waals surface area contributed by atoms with E-state index in [9.17, 15) is 18.8 Å². The summed E-state index contributed by atoms with van der Waals surface area (Å²) in [5.74, 6) is -0.525. The molecule has 202 valence electrons. The van der Waals surface area contributed by atoms with Crippen LogP contribution >= 0.6 is 0 Å². The number of amides is 2. The Bertz CT molecular complexity index is 1570. The maximum atomic E-state index is 14.4. The zero-order chi connectivity index (χ0) is 27.7. The number of aromatic nitrogens is 1. The predicted octanol–water partition coefficient (Wildman–Crippen LogP) is 4.22. The molecule has 2 heterocycles. The third-order valence-electron chi connectivity index (χ3n) is 7.31. The van der Waals surface area contributed by atoms with Gasteiger partial charge in [-0.3, -0.25) is 9.59 Å². The standard InChI is InChI=1S/C26H25FN4O3.C4H6O/c1-30-7-9-31(10-8-30)26(33)16-3-5-22-18(11-16)19-12-17(13-20(25(28)32)24(19)29-22)15-4-6-23(34-2)21(27)14-15;5-3-4-1-2-4/h3-6,11-14,29H,7-10H2,1-2H3,(H2,28,32);3-4H,1-2H2. The van der Waals surface area contributed by atoms with Crippen molar-refractivity contribution >= 4 is 39.9 Å². The van der Waals surface area contributed by atoms with Gasteiger partial charge in [0.25, 0.3) is 11.8 Å². The molecule has 1 aromatic heterocycles. The minimum Gasteiger partial charge on any atom is -0.494 e. The highest BCUT2D eigenvalue weighted by Crippen LogP contribution is 2.34. The van der Waals surface area contributed by atoms with Gasteiger partial charge in [0.2, 0.25) is 0 Å². The summed E-state index contributed by atoms with van der Waals surface area (Å²) in [6, 6.07) is 13.6.